The Kier molecular flexibility index (Phi) is 4.25. The SMILES string of the molecule is CN(C)c1nc2cc(NC(=O)N[C@@H]3CCC[C@H]4OCC[C@@H]34)ccc2o1. The zero-order chi connectivity index (χ0) is 17.4. The summed E-state index contributed by atoms with van der Waals surface area (Å²) in [5.74, 6) is 0.445. The molecule has 0 radical (unpaired) electrons. The second-order valence-corrected chi connectivity index (χ2v) is 7.07. The summed E-state index contributed by atoms with van der Waals surface area (Å²) in [5, 5.41) is 6.04. The Labute approximate surface area is 146 Å². The van der Waals surface area contributed by atoms with E-state index in [0.717, 1.165) is 37.8 Å². The molecule has 1 aliphatic carbocycles. The van der Waals surface area contributed by atoms with E-state index in [-0.39, 0.29) is 12.1 Å². The van der Waals surface area contributed by atoms with E-state index in [1.807, 2.05) is 37.2 Å². The van der Waals surface area contributed by atoms with Crippen LogP contribution in [0.25, 0.3) is 11.1 Å². The van der Waals surface area contributed by atoms with Crippen LogP contribution in [0.1, 0.15) is 25.7 Å². The Bertz CT molecular complexity index is 773. The number of fused-ring (bicyclic) bond motifs is 2. The highest BCUT2D eigenvalue weighted by Gasteiger charge is 2.38. The monoisotopic (exact) mass is 344 g/mol. The first-order chi connectivity index (χ1) is 12.1. The summed E-state index contributed by atoms with van der Waals surface area (Å²) in [5.41, 5.74) is 2.13. The van der Waals surface area contributed by atoms with Crippen LogP contribution < -0.4 is 15.5 Å². The van der Waals surface area contributed by atoms with Crippen LogP contribution in [0.5, 0.6) is 0 Å². The topological polar surface area (TPSA) is 79.6 Å². The first-order valence-corrected chi connectivity index (χ1v) is 8.87. The highest BCUT2D eigenvalue weighted by Crippen LogP contribution is 2.34. The van der Waals surface area contributed by atoms with Crippen LogP contribution in [0.4, 0.5) is 16.5 Å². The number of benzene rings is 1. The van der Waals surface area contributed by atoms with Crippen molar-refractivity contribution in [1.82, 2.24) is 10.3 Å². The number of amides is 2. The van der Waals surface area contributed by atoms with E-state index in [4.69, 9.17) is 9.15 Å². The van der Waals surface area contributed by atoms with Crippen molar-refractivity contribution in [2.24, 2.45) is 5.92 Å². The molecule has 2 heterocycles. The summed E-state index contributed by atoms with van der Waals surface area (Å²) in [6.45, 7) is 0.812. The van der Waals surface area contributed by atoms with Gasteiger partial charge in [0.25, 0.3) is 6.01 Å². The number of hydrogen-bond donors (Lipinski definition) is 2. The van der Waals surface area contributed by atoms with Gasteiger partial charge in [-0.15, -0.1) is 0 Å². The Morgan fingerprint density at radius 3 is 3.00 bits per heavy atom. The second-order valence-electron chi connectivity index (χ2n) is 7.07. The van der Waals surface area contributed by atoms with Gasteiger partial charge in [0.1, 0.15) is 5.52 Å². The van der Waals surface area contributed by atoms with Crippen molar-refractivity contribution in [3.8, 4) is 0 Å². The zero-order valence-electron chi connectivity index (χ0n) is 14.6. The molecule has 2 aliphatic rings. The van der Waals surface area contributed by atoms with Gasteiger partial charge in [0, 0.05) is 38.3 Å². The van der Waals surface area contributed by atoms with Gasteiger partial charge >= 0.3 is 6.03 Å². The zero-order valence-corrected chi connectivity index (χ0v) is 14.6. The van der Waals surface area contributed by atoms with E-state index in [2.05, 4.69) is 15.6 Å². The van der Waals surface area contributed by atoms with Crippen molar-refractivity contribution < 1.29 is 13.9 Å². The molecular weight excluding hydrogens is 320 g/mol. The highest BCUT2D eigenvalue weighted by molar-refractivity contribution is 5.92. The number of urea groups is 1. The number of rotatable bonds is 3. The molecule has 0 bridgehead atoms. The van der Waals surface area contributed by atoms with Gasteiger partial charge in [0.2, 0.25) is 0 Å². The minimum atomic E-state index is -0.173. The van der Waals surface area contributed by atoms with Gasteiger partial charge in [-0.2, -0.15) is 4.98 Å². The second kappa shape index (κ2) is 6.55. The fourth-order valence-electron chi connectivity index (χ4n) is 3.87. The molecule has 1 aromatic heterocycles. The van der Waals surface area contributed by atoms with E-state index >= 15 is 0 Å². The minimum absolute atomic E-state index is 0.173. The molecule has 1 aliphatic heterocycles. The molecule has 1 aromatic carbocycles. The van der Waals surface area contributed by atoms with Crippen LogP contribution >= 0.6 is 0 Å². The van der Waals surface area contributed by atoms with Crippen molar-refractivity contribution in [2.45, 2.75) is 37.8 Å². The van der Waals surface area contributed by atoms with Gasteiger partial charge in [-0.05, 0) is 43.9 Å². The first kappa shape index (κ1) is 16.2. The average molecular weight is 344 g/mol. The maximum Gasteiger partial charge on any atom is 0.319 e. The number of anilines is 2. The fourth-order valence-corrected chi connectivity index (χ4v) is 3.87. The number of hydrogen-bond acceptors (Lipinski definition) is 5. The first-order valence-electron chi connectivity index (χ1n) is 8.87. The van der Waals surface area contributed by atoms with Crippen molar-refractivity contribution in [3.05, 3.63) is 18.2 Å². The van der Waals surface area contributed by atoms with Crippen LogP contribution in [0, 0.1) is 5.92 Å². The molecule has 2 aromatic rings. The Balaban J connectivity index is 1.42. The molecule has 7 nitrogen and oxygen atoms in total. The molecule has 4 rings (SSSR count). The van der Waals surface area contributed by atoms with Gasteiger partial charge in [-0.25, -0.2) is 4.79 Å². The van der Waals surface area contributed by atoms with E-state index in [1.165, 1.54) is 0 Å². The summed E-state index contributed by atoms with van der Waals surface area (Å²) < 4.78 is 11.4. The Hall–Kier alpha value is -2.28. The number of aromatic nitrogens is 1. The maximum atomic E-state index is 12.4. The molecule has 0 unspecified atom stereocenters. The van der Waals surface area contributed by atoms with Crippen LogP contribution in [0.2, 0.25) is 0 Å². The number of ether oxygens (including phenoxy) is 1. The summed E-state index contributed by atoms with van der Waals surface area (Å²) in [6.07, 6.45) is 4.58. The lowest BCUT2D eigenvalue weighted by atomic mass is 9.82. The third kappa shape index (κ3) is 3.28. The number of carbonyl (C=O) groups is 1. The Morgan fingerprint density at radius 2 is 2.16 bits per heavy atom. The van der Waals surface area contributed by atoms with Crippen LogP contribution in [0.3, 0.4) is 0 Å². The van der Waals surface area contributed by atoms with Gasteiger partial charge in [0.05, 0.1) is 6.10 Å². The third-order valence-electron chi connectivity index (χ3n) is 5.11. The number of nitrogens with one attached hydrogen (secondary N) is 2. The fraction of sp³-hybridized carbons (Fsp3) is 0.556. The summed E-state index contributed by atoms with van der Waals surface area (Å²) in [4.78, 5) is 18.6. The van der Waals surface area contributed by atoms with Gasteiger partial charge in [0.15, 0.2) is 5.58 Å². The lowest BCUT2D eigenvalue weighted by Gasteiger charge is -2.33. The molecule has 1 saturated heterocycles. The average Bonchev–Trinajstić information content (AvgIpc) is 3.21. The van der Waals surface area contributed by atoms with Crippen molar-refractivity contribution in [2.75, 3.05) is 30.9 Å². The van der Waals surface area contributed by atoms with E-state index in [1.54, 1.807) is 0 Å². The quantitative estimate of drug-likeness (QED) is 0.895. The number of carbonyl (C=O) groups excluding carboxylic acids is 1. The molecule has 1 saturated carbocycles. The summed E-state index contributed by atoms with van der Waals surface area (Å²) >= 11 is 0. The summed E-state index contributed by atoms with van der Waals surface area (Å²) in [7, 11) is 3.75. The third-order valence-corrected chi connectivity index (χ3v) is 5.11. The van der Waals surface area contributed by atoms with E-state index in [9.17, 15) is 4.79 Å². The molecule has 2 amide bonds. The predicted molar refractivity (Wildman–Crippen MR) is 96.0 cm³/mol. The lowest BCUT2D eigenvalue weighted by Crippen LogP contribution is -2.47. The van der Waals surface area contributed by atoms with Crippen LogP contribution in [0.15, 0.2) is 22.6 Å². The Morgan fingerprint density at radius 1 is 1.28 bits per heavy atom. The van der Waals surface area contributed by atoms with Crippen molar-refractivity contribution in [3.63, 3.8) is 0 Å². The van der Waals surface area contributed by atoms with E-state index < -0.39 is 0 Å². The largest absolute Gasteiger partial charge is 0.423 e. The minimum Gasteiger partial charge on any atom is -0.423 e. The van der Waals surface area contributed by atoms with Crippen LogP contribution in [-0.2, 0) is 4.74 Å². The van der Waals surface area contributed by atoms with Gasteiger partial charge in [-0.1, -0.05) is 0 Å². The standard InChI is InChI=1S/C18H24N4O3/c1-22(2)18-21-14-10-11(6-7-16(14)25-18)19-17(23)20-13-4-3-5-15-12(13)8-9-24-15/h6-7,10,12-13,15H,3-5,8-9H2,1-2H3,(H2,19,20,23)/t12-,13+,15+/m0/s1. The van der Waals surface area contributed by atoms with Gasteiger partial charge < -0.3 is 24.7 Å². The molecule has 25 heavy (non-hydrogen) atoms. The highest BCUT2D eigenvalue weighted by atomic mass is 16.5. The number of nitrogens with zero attached hydrogens (tertiary/aromatic N) is 2. The molecule has 7 heteroatoms. The number of oxazole rings is 1. The lowest BCUT2D eigenvalue weighted by molar-refractivity contribution is 0.0553. The summed E-state index contributed by atoms with van der Waals surface area (Å²) in [6, 6.07) is 6.05. The molecule has 2 N–H and O–H groups in total. The molecule has 134 valence electrons. The molecule has 2 fully saturated rings. The van der Waals surface area contributed by atoms with Crippen LogP contribution in [-0.4, -0.2) is 43.9 Å². The molecule has 3 atom stereocenters. The predicted octanol–water partition coefficient (Wildman–Crippen LogP) is 2.97. The normalized spacial score (nSPS) is 25.6. The molecule has 0 spiro atoms. The van der Waals surface area contributed by atoms with Crippen molar-refractivity contribution >= 4 is 28.8 Å². The molecular formula is C18H24N4O3. The van der Waals surface area contributed by atoms with Gasteiger partial charge in [-0.3, -0.25) is 0 Å². The maximum absolute atomic E-state index is 12.4. The van der Waals surface area contributed by atoms with Crippen molar-refractivity contribution in [1.29, 1.82) is 0 Å². The smallest absolute Gasteiger partial charge is 0.319 e. The van der Waals surface area contributed by atoms with E-state index in [0.29, 0.717) is 29.3 Å².